The summed E-state index contributed by atoms with van der Waals surface area (Å²) in [5.41, 5.74) is 3.65. The van der Waals surface area contributed by atoms with Gasteiger partial charge < -0.3 is 19.3 Å². The van der Waals surface area contributed by atoms with Gasteiger partial charge in [-0.2, -0.15) is 0 Å². The van der Waals surface area contributed by atoms with Crippen LogP contribution in [0.25, 0.3) is 16.0 Å². The fraction of sp³-hybridized carbons (Fsp3) is 0.194. The van der Waals surface area contributed by atoms with Crippen molar-refractivity contribution in [3.8, 4) is 17.2 Å². The molecule has 2 atom stereocenters. The fourth-order valence-corrected chi connectivity index (χ4v) is 6.86. The van der Waals surface area contributed by atoms with Gasteiger partial charge in [0.25, 0.3) is 5.78 Å². The van der Waals surface area contributed by atoms with E-state index in [0.29, 0.717) is 52.9 Å². The van der Waals surface area contributed by atoms with E-state index in [0.717, 1.165) is 21.6 Å². The SMILES string of the molecule is CCOc1ccc2nc(N3C(=O)C(=O)C(=C(O)c4ccc5c(c4)C[C@@H](C)O5)[C@@H]3c3cccc(OCc4ccccc4)c3)sc2c1. The number of ether oxygens (including phenoxy) is 3. The molecule has 45 heavy (non-hydrogen) atoms. The number of ketones is 1. The summed E-state index contributed by atoms with van der Waals surface area (Å²) >= 11 is 1.29. The molecule has 2 aliphatic rings. The van der Waals surface area contributed by atoms with E-state index in [9.17, 15) is 14.7 Å². The Bertz CT molecular complexity index is 1970. The minimum Gasteiger partial charge on any atom is -0.507 e. The first kappa shape index (κ1) is 28.6. The van der Waals surface area contributed by atoms with Gasteiger partial charge in [-0.15, -0.1) is 0 Å². The van der Waals surface area contributed by atoms with Crippen molar-refractivity contribution in [2.45, 2.75) is 39.0 Å². The highest BCUT2D eigenvalue weighted by atomic mass is 32.1. The van der Waals surface area contributed by atoms with Gasteiger partial charge in [0.2, 0.25) is 0 Å². The molecule has 2 aliphatic heterocycles. The second kappa shape index (κ2) is 11.7. The molecule has 8 nitrogen and oxygen atoms in total. The zero-order valence-electron chi connectivity index (χ0n) is 24.7. The van der Waals surface area contributed by atoms with Crippen molar-refractivity contribution < 1.29 is 28.9 Å². The number of nitrogens with zero attached hydrogens (tertiary/aromatic N) is 2. The van der Waals surface area contributed by atoms with Crippen molar-refractivity contribution in [2.75, 3.05) is 11.5 Å². The van der Waals surface area contributed by atoms with Gasteiger partial charge in [-0.05, 0) is 79.1 Å². The third kappa shape index (κ3) is 5.40. The van der Waals surface area contributed by atoms with Crippen LogP contribution in [0.15, 0.2) is 96.6 Å². The van der Waals surface area contributed by atoms with Crippen molar-refractivity contribution >= 4 is 44.1 Å². The van der Waals surface area contributed by atoms with Gasteiger partial charge >= 0.3 is 5.91 Å². The molecule has 5 aromatic rings. The Morgan fingerprint density at radius 2 is 1.80 bits per heavy atom. The second-order valence-electron chi connectivity index (χ2n) is 11.0. The molecule has 4 aromatic carbocycles. The lowest BCUT2D eigenvalue weighted by molar-refractivity contribution is -0.132. The molecule has 0 unspecified atom stereocenters. The molecule has 0 aliphatic carbocycles. The average molecular weight is 619 g/mol. The lowest BCUT2D eigenvalue weighted by Crippen LogP contribution is -2.29. The predicted octanol–water partition coefficient (Wildman–Crippen LogP) is 7.22. The molecule has 0 spiro atoms. The molecule has 1 amide bonds. The number of rotatable bonds is 8. The first-order chi connectivity index (χ1) is 21.9. The minimum atomic E-state index is -0.944. The van der Waals surface area contributed by atoms with Gasteiger partial charge in [0.1, 0.15) is 35.7 Å². The highest BCUT2D eigenvalue weighted by Crippen LogP contribution is 2.45. The van der Waals surface area contributed by atoms with Gasteiger partial charge in [-0.25, -0.2) is 4.98 Å². The van der Waals surface area contributed by atoms with E-state index < -0.39 is 17.7 Å². The fourth-order valence-electron chi connectivity index (χ4n) is 5.84. The Labute approximate surface area is 264 Å². The number of aliphatic hydroxyl groups is 1. The molecule has 1 N–H and O–H groups in total. The van der Waals surface area contributed by atoms with E-state index in [1.165, 1.54) is 16.2 Å². The van der Waals surface area contributed by atoms with Crippen LogP contribution in [0.3, 0.4) is 0 Å². The third-order valence-corrected chi connectivity index (χ3v) is 8.92. The lowest BCUT2D eigenvalue weighted by Gasteiger charge is -2.23. The van der Waals surface area contributed by atoms with Crippen LogP contribution in [-0.2, 0) is 22.6 Å². The van der Waals surface area contributed by atoms with E-state index in [1.807, 2.05) is 86.6 Å². The van der Waals surface area contributed by atoms with Crippen LogP contribution in [-0.4, -0.2) is 34.5 Å². The van der Waals surface area contributed by atoms with Crippen molar-refractivity contribution in [3.63, 3.8) is 0 Å². The van der Waals surface area contributed by atoms with Crippen molar-refractivity contribution in [1.82, 2.24) is 4.98 Å². The normalized spacial score (nSPS) is 18.7. The molecule has 3 heterocycles. The van der Waals surface area contributed by atoms with Gasteiger partial charge in [-0.3, -0.25) is 14.5 Å². The Hall–Kier alpha value is -5.15. The smallest absolute Gasteiger partial charge is 0.301 e. The number of Topliss-reactive ketones (excluding diaryl/α,β-unsaturated/α-hetero) is 1. The Kier molecular flexibility index (Phi) is 7.47. The van der Waals surface area contributed by atoms with Crippen molar-refractivity contribution in [2.24, 2.45) is 0 Å². The Balaban J connectivity index is 1.34. The summed E-state index contributed by atoms with van der Waals surface area (Å²) in [4.78, 5) is 33.8. The number of carbonyl (C=O) groups excluding carboxylic acids is 2. The number of carbonyl (C=O) groups is 2. The predicted molar refractivity (Wildman–Crippen MR) is 173 cm³/mol. The van der Waals surface area contributed by atoms with E-state index in [1.54, 1.807) is 18.2 Å². The van der Waals surface area contributed by atoms with E-state index >= 15 is 0 Å². The summed E-state index contributed by atoms with van der Waals surface area (Å²) in [6.45, 7) is 4.75. The number of thiazole rings is 1. The molecule has 226 valence electrons. The summed E-state index contributed by atoms with van der Waals surface area (Å²) in [5, 5.41) is 12.1. The zero-order valence-corrected chi connectivity index (χ0v) is 25.5. The number of aliphatic hydroxyl groups excluding tert-OH is 1. The highest BCUT2D eigenvalue weighted by molar-refractivity contribution is 7.22. The quantitative estimate of drug-likeness (QED) is 0.111. The van der Waals surface area contributed by atoms with Crippen LogP contribution in [0.2, 0.25) is 0 Å². The molecule has 1 fully saturated rings. The van der Waals surface area contributed by atoms with Crippen LogP contribution in [0, 0.1) is 0 Å². The van der Waals surface area contributed by atoms with Gasteiger partial charge in [0, 0.05) is 12.0 Å². The maximum atomic E-state index is 13.8. The largest absolute Gasteiger partial charge is 0.507 e. The van der Waals surface area contributed by atoms with Crippen LogP contribution in [0.4, 0.5) is 5.13 Å². The third-order valence-electron chi connectivity index (χ3n) is 7.90. The molecule has 7 rings (SSSR count). The summed E-state index contributed by atoms with van der Waals surface area (Å²) in [5.74, 6) is 0.207. The number of hydrogen-bond donors (Lipinski definition) is 1. The molecule has 1 saturated heterocycles. The highest BCUT2D eigenvalue weighted by Gasteiger charge is 2.48. The van der Waals surface area contributed by atoms with E-state index in [-0.39, 0.29) is 17.4 Å². The first-order valence-electron chi connectivity index (χ1n) is 14.8. The van der Waals surface area contributed by atoms with Crippen LogP contribution in [0.1, 0.15) is 42.1 Å². The monoisotopic (exact) mass is 618 g/mol. The number of anilines is 1. The number of hydrogen-bond acceptors (Lipinski definition) is 8. The maximum absolute atomic E-state index is 13.8. The first-order valence-corrected chi connectivity index (χ1v) is 15.6. The molecular formula is C36H30N2O6S. The molecular weight excluding hydrogens is 588 g/mol. The summed E-state index contributed by atoms with van der Waals surface area (Å²) in [6.07, 6.45) is 0.702. The topological polar surface area (TPSA) is 98.2 Å². The molecule has 0 bridgehead atoms. The molecule has 9 heteroatoms. The van der Waals surface area contributed by atoms with E-state index in [2.05, 4.69) is 0 Å². The Morgan fingerprint density at radius 3 is 2.62 bits per heavy atom. The summed E-state index contributed by atoms with van der Waals surface area (Å²) in [6, 6.07) is 27.0. The zero-order chi connectivity index (χ0) is 31.1. The van der Waals surface area contributed by atoms with Crippen molar-refractivity contribution in [3.05, 3.63) is 119 Å². The summed E-state index contributed by atoms with van der Waals surface area (Å²) < 4.78 is 18.4. The minimum absolute atomic E-state index is 0.0126. The molecule has 0 radical (unpaired) electrons. The number of benzene rings is 4. The second-order valence-corrected chi connectivity index (χ2v) is 12.0. The number of amides is 1. The lowest BCUT2D eigenvalue weighted by atomic mass is 9.94. The van der Waals surface area contributed by atoms with E-state index in [4.69, 9.17) is 19.2 Å². The van der Waals surface area contributed by atoms with Gasteiger partial charge in [0.15, 0.2) is 5.13 Å². The number of fused-ring (bicyclic) bond motifs is 2. The standard InChI is InChI=1S/C36H30N2O6S/c1-3-42-27-13-14-28-30(19-27)45-36(37-28)38-32(23-10-7-11-26(18-23)43-20-22-8-5-4-6-9-22)31(34(40)35(38)41)33(39)24-12-15-29-25(17-24)16-21(2)44-29/h4-15,17-19,21,32,39H,3,16,20H2,1-2H3/t21-,32+/m1/s1. The number of aromatic nitrogens is 1. The van der Waals surface area contributed by atoms with Crippen LogP contribution in [0.5, 0.6) is 17.2 Å². The van der Waals surface area contributed by atoms with Gasteiger partial charge in [0.05, 0.1) is 28.4 Å². The van der Waals surface area contributed by atoms with Crippen LogP contribution < -0.4 is 19.1 Å². The van der Waals surface area contributed by atoms with Crippen LogP contribution >= 0.6 is 11.3 Å². The van der Waals surface area contributed by atoms with Crippen molar-refractivity contribution in [1.29, 1.82) is 0 Å². The summed E-state index contributed by atoms with van der Waals surface area (Å²) in [7, 11) is 0. The average Bonchev–Trinajstić information content (AvgIpc) is 3.72. The molecule has 0 saturated carbocycles. The maximum Gasteiger partial charge on any atom is 0.301 e. The molecule has 1 aromatic heterocycles. The van der Waals surface area contributed by atoms with Gasteiger partial charge in [-0.1, -0.05) is 53.8 Å². The Morgan fingerprint density at radius 1 is 0.978 bits per heavy atom.